The van der Waals surface area contributed by atoms with Crippen molar-refractivity contribution in [3.05, 3.63) is 95.3 Å². The third-order valence-electron chi connectivity index (χ3n) is 6.67. The number of carbonyl (C=O) groups is 1. The van der Waals surface area contributed by atoms with Crippen LogP contribution in [-0.2, 0) is 13.1 Å². The summed E-state index contributed by atoms with van der Waals surface area (Å²) in [6.07, 6.45) is 4.63. The summed E-state index contributed by atoms with van der Waals surface area (Å²) in [4.78, 5) is 30.0. The Balaban J connectivity index is 1.34. The number of benzene rings is 2. The van der Waals surface area contributed by atoms with Crippen molar-refractivity contribution in [1.82, 2.24) is 29.8 Å². The van der Waals surface area contributed by atoms with Gasteiger partial charge in [-0.15, -0.1) is 0 Å². The van der Waals surface area contributed by atoms with Gasteiger partial charge >= 0.3 is 0 Å². The van der Waals surface area contributed by atoms with E-state index in [0.29, 0.717) is 36.7 Å². The molecule has 0 radical (unpaired) electrons. The molecule has 42 heavy (non-hydrogen) atoms. The number of nitriles is 1. The van der Waals surface area contributed by atoms with Crippen LogP contribution in [0, 0.1) is 23.0 Å². The third kappa shape index (κ3) is 5.70. The fraction of sp³-hybridized carbons (Fsp3) is 0.172. The Morgan fingerprint density at radius 3 is 2.62 bits per heavy atom. The molecule has 1 amide bonds. The highest BCUT2D eigenvalue weighted by atomic mass is 19.2. The van der Waals surface area contributed by atoms with Crippen molar-refractivity contribution in [2.24, 2.45) is 5.73 Å². The predicted molar refractivity (Wildman–Crippen MR) is 153 cm³/mol. The summed E-state index contributed by atoms with van der Waals surface area (Å²) in [6.45, 7) is 2.93. The summed E-state index contributed by atoms with van der Waals surface area (Å²) in [5, 5.41) is 15.8. The lowest BCUT2D eigenvalue weighted by molar-refractivity contribution is 0.0935. The van der Waals surface area contributed by atoms with Gasteiger partial charge in [0.15, 0.2) is 28.8 Å². The number of halogens is 2. The van der Waals surface area contributed by atoms with Gasteiger partial charge in [0.1, 0.15) is 23.9 Å². The molecule has 5 rings (SSSR count). The molecule has 3 aromatic heterocycles. The fourth-order valence-electron chi connectivity index (χ4n) is 4.52. The zero-order valence-corrected chi connectivity index (χ0v) is 22.5. The van der Waals surface area contributed by atoms with Gasteiger partial charge in [0.2, 0.25) is 0 Å². The van der Waals surface area contributed by atoms with E-state index in [-0.39, 0.29) is 17.2 Å². The molecule has 0 aliphatic carbocycles. The number of carbonyl (C=O) groups excluding carboxylic acids is 1. The van der Waals surface area contributed by atoms with E-state index in [9.17, 15) is 18.8 Å². The molecule has 0 saturated carbocycles. The number of hydrogen-bond donors (Lipinski definition) is 4. The van der Waals surface area contributed by atoms with Crippen LogP contribution in [0.15, 0.2) is 61.2 Å². The Labute approximate surface area is 239 Å². The maximum Gasteiger partial charge on any atom is 0.274 e. The zero-order valence-electron chi connectivity index (χ0n) is 22.5. The van der Waals surface area contributed by atoms with Gasteiger partial charge in [-0.25, -0.2) is 28.7 Å². The third-order valence-corrected chi connectivity index (χ3v) is 6.67. The van der Waals surface area contributed by atoms with Gasteiger partial charge in [-0.1, -0.05) is 30.3 Å². The first-order valence-electron chi connectivity index (χ1n) is 12.9. The minimum Gasteiger partial charge on any atom is -0.383 e. The Bertz CT molecular complexity index is 1810. The van der Waals surface area contributed by atoms with E-state index >= 15 is 0 Å². The fourth-order valence-corrected chi connectivity index (χ4v) is 4.52. The maximum atomic E-state index is 13.7. The number of rotatable bonds is 9. The lowest BCUT2D eigenvalue weighted by Crippen LogP contribution is -2.29. The maximum absolute atomic E-state index is 13.7. The van der Waals surface area contributed by atoms with Crippen LogP contribution in [0.3, 0.4) is 0 Å². The first-order chi connectivity index (χ1) is 20.3. The average Bonchev–Trinajstić information content (AvgIpc) is 3.37. The van der Waals surface area contributed by atoms with Crippen LogP contribution in [0.1, 0.15) is 40.3 Å². The molecule has 0 aliphatic rings. The number of hydrogen-bond acceptors (Lipinski definition) is 9. The minimum absolute atomic E-state index is 0.0485. The van der Waals surface area contributed by atoms with Crippen molar-refractivity contribution < 1.29 is 13.6 Å². The zero-order chi connectivity index (χ0) is 29.8. The molecule has 0 spiro atoms. The number of nitrogens with one attached hydrogen (secondary N) is 2. The standard InChI is InChI=1S/C29H26F2N10O/c1-16(19-6-7-22(30)23(31)10-19)39-29(42)25-27(36-13-20(11-33)40-25)35-12-17-2-4-18(5-3-17)21-14-41(9-8-32)28-24(21)26(34)37-15-38-28/h2-7,10,13-16H,8-9,12,32H2,1H3,(H,35,36)(H,39,42)(H2,34,37,38)/t16-/m0/s1. The van der Waals surface area contributed by atoms with E-state index in [1.54, 1.807) is 6.92 Å². The summed E-state index contributed by atoms with van der Waals surface area (Å²) < 4.78 is 29.0. The molecule has 6 N–H and O–H groups in total. The Morgan fingerprint density at radius 1 is 1.12 bits per heavy atom. The van der Waals surface area contributed by atoms with Crippen molar-refractivity contribution in [3.63, 3.8) is 0 Å². The SMILES string of the molecule is C[C@H](NC(=O)c1nc(C#N)cnc1NCc1ccc(-c2cn(CCN)c3ncnc(N)c23)cc1)c1ccc(F)c(F)c1. The molecule has 3 heterocycles. The van der Waals surface area contributed by atoms with Crippen LogP contribution in [0.25, 0.3) is 22.2 Å². The summed E-state index contributed by atoms with van der Waals surface area (Å²) in [7, 11) is 0. The second kappa shape index (κ2) is 11.9. The van der Waals surface area contributed by atoms with E-state index in [4.69, 9.17) is 11.5 Å². The van der Waals surface area contributed by atoms with Crippen molar-refractivity contribution in [2.75, 3.05) is 17.6 Å². The number of aromatic nitrogens is 5. The molecule has 0 saturated heterocycles. The van der Waals surface area contributed by atoms with Gasteiger partial charge in [0, 0.05) is 31.4 Å². The van der Waals surface area contributed by atoms with E-state index in [2.05, 4.69) is 30.6 Å². The summed E-state index contributed by atoms with van der Waals surface area (Å²) in [5.74, 6) is -2.11. The van der Waals surface area contributed by atoms with Crippen LogP contribution < -0.4 is 22.1 Å². The summed E-state index contributed by atoms with van der Waals surface area (Å²) >= 11 is 0. The van der Waals surface area contributed by atoms with Gasteiger partial charge in [0.25, 0.3) is 5.91 Å². The molecular weight excluding hydrogens is 542 g/mol. The molecular formula is C29H26F2N10O. The first kappa shape index (κ1) is 28.1. The second-order valence-corrected chi connectivity index (χ2v) is 9.47. The number of amides is 1. The Morgan fingerprint density at radius 2 is 1.90 bits per heavy atom. The number of nitrogens with zero attached hydrogens (tertiary/aromatic N) is 6. The largest absolute Gasteiger partial charge is 0.383 e. The molecule has 0 unspecified atom stereocenters. The summed E-state index contributed by atoms with van der Waals surface area (Å²) in [5.41, 5.74) is 15.5. The topological polar surface area (TPSA) is 173 Å². The van der Waals surface area contributed by atoms with Crippen LogP contribution in [0.2, 0.25) is 0 Å². The van der Waals surface area contributed by atoms with Crippen molar-refractivity contribution in [2.45, 2.75) is 26.1 Å². The van der Waals surface area contributed by atoms with Crippen LogP contribution >= 0.6 is 0 Å². The smallest absolute Gasteiger partial charge is 0.274 e. The second-order valence-electron chi connectivity index (χ2n) is 9.47. The van der Waals surface area contributed by atoms with Gasteiger partial charge < -0.3 is 26.7 Å². The number of nitrogen functional groups attached to an aromatic ring is 1. The lowest BCUT2D eigenvalue weighted by Gasteiger charge is -2.16. The molecule has 1 atom stereocenters. The van der Waals surface area contributed by atoms with E-state index < -0.39 is 23.6 Å². The van der Waals surface area contributed by atoms with E-state index in [0.717, 1.165) is 34.2 Å². The first-order valence-corrected chi connectivity index (χ1v) is 12.9. The van der Waals surface area contributed by atoms with Crippen molar-refractivity contribution in [1.29, 1.82) is 5.26 Å². The highest BCUT2D eigenvalue weighted by molar-refractivity contribution is 6.00. The van der Waals surface area contributed by atoms with Crippen LogP contribution in [0.4, 0.5) is 20.4 Å². The number of fused-ring (bicyclic) bond motifs is 1. The van der Waals surface area contributed by atoms with Gasteiger partial charge in [-0.3, -0.25) is 4.79 Å². The van der Waals surface area contributed by atoms with E-state index in [1.165, 1.54) is 18.6 Å². The molecule has 13 heteroatoms. The molecule has 2 aromatic carbocycles. The molecule has 0 aliphatic heterocycles. The highest BCUT2D eigenvalue weighted by Crippen LogP contribution is 2.32. The minimum atomic E-state index is -1.02. The van der Waals surface area contributed by atoms with Crippen molar-refractivity contribution >= 4 is 28.6 Å². The normalized spacial score (nSPS) is 11.7. The van der Waals surface area contributed by atoms with Gasteiger partial charge in [-0.2, -0.15) is 5.26 Å². The molecule has 5 aromatic rings. The monoisotopic (exact) mass is 568 g/mol. The number of anilines is 2. The molecule has 0 bridgehead atoms. The Kier molecular flexibility index (Phi) is 7.98. The molecule has 0 fully saturated rings. The summed E-state index contributed by atoms with van der Waals surface area (Å²) in [6, 6.07) is 12.3. The van der Waals surface area contributed by atoms with Crippen molar-refractivity contribution in [3.8, 4) is 17.2 Å². The van der Waals surface area contributed by atoms with Gasteiger partial charge in [0.05, 0.1) is 17.6 Å². The predicted octanol–water partition coefficient (Wildman–Crippen LogP) is 3.68. The molecule has 11 nitrogen and oxygen atoms in total. The molecule has 212 valence electrons. The average molecular weight is 569 g/mol. The van der Waals surface area contributed by atoms with Crippen LogP contribution in [-0.4, -0.2) is 37.0 Å². The quantitative estimate of drug-likeness (QED) is 0.207. The highest BCUT2D eigenvalue weighted by Gasteiger charge is 2.20. The van der Waals surface area contributed by atoms with Gasteiger partial charge in [-0.05, 0) is 35.7 Å². The lowest BCUT2D eigenvalue weighted by atomic mass is 10.0. The number of nitrogens with two attached hydrogens (primary N) is 2. The van der Waals surface area contributed by atoms with Crippen LogP contribution in [0.5, 0.6) is 0 Å². The Hall–Kier alpha value is -5.48. The van der Waals surface area contributed by atoms with E-state index in [1.807, 2.05) is 41.1 Å².